The van der Waals surface area contributed by atoms with Crippen molar-refractivity contribution in [1.29, 1.82) is 0 Å². The average Bonchev–Trinajstić information content (AvgIpc) is 3.50. The molecule has 32 heavy (non-hydrogen) atoms. The van der Waals surface area contributed by atoms with Crippen molar-refractivity contribution in [2.75, 3.05) is 0 Å². The number of hydrogen-bond acceptors (Lipinski definition) is 3. The summed E-state index contributed by atoms with van der Waals surface area (Å²) in [5.41, 5.74) is 6.01. The minimum absolute atomic E-state index is 0.199. The molecular weight excluding hydrogens is 428 g/mol. The number of thioether (sulfide) groups is 2. The van der Waals surface area contributed by atoms with Gasteiger partial charge in [0.15, 0.2) is 0 Å². The monoisotopic (exact) mass is 449 g/mol. The van der Waals surface area contributed by atoms with Crippen LogP contribution in [0.3, 0.4) is 0 Å². The fourth-order valence-electron chi connectivity index (χ4n) is 4.20. The van der Waals surface area contributed by atoms with E-state index in [4.69, 9.17) is 5.10 Å². The summed E-state index contributed by atoms with van der Waals surface area (Å²) in [6.07, 6.45) is 9.77. The van der Waals surface area contributed by atoms with E-state index < -0.39 is 0 Å². The molecule has 3 aromatic rings. The van der Waals surface area contributed by atoms with Crippen LogP contribution in [0.2, 0.25) is 0 Å². The van der Waals surface area contributed by atoms with Crippen molar-refractivity contribution in [2.24, 2.45) is 5.10 Å². The van der Waals surface area contributed by atoms with E-state index in [-0.39, 0.29) is 6.04 Å². The zero-order chi connectivity index (χ0) is 21.3. The van der Waals surface area contributed by atoms with Gasteiger partial charge in [-0.25, -0.2) is 0 Å². The molecule has 4 heteroatoms. The highest BCUT2D eigenvalue weighted by Gasteiger charge is 2.36. The maximum atomic E-state index is 5.08. The molecule has 154 valence electrons. The predicted octanol–water partition coefficient (Wildman–Crippen LogP) is 7.22. The van der Waals surface area contributed by atoms with Gasteiger partial charge in [0.05, 0.1) is 10.7 Å². The van der Waals surface area contributed by atoms with Gasteiger partial charge in [0.1, 0.15) is 5.71 Å². The highest BCUT2D eigenvalue weighted by Crippen LogP contribution is 2.52. The zero-order valence-electron chi connectivity index (χ0n) is 17.4. The summed E-state index contributed by atoms with van der Waals surface area (Å²) in [5.74, 6) is 0. The van der Waals surface area contributed by atoms with Crippen LogP contribution < -0.4 is 0 Å². The summed E-state index contributed by atoms with van der Waals surface area (Å²) in [7, 11) is 0. The topological polar surface area (TPSA) is 15.4 Å². The molecule has 0 saturated carbocycles. The second-order valence-electron chi connectivity index (χ2n) is 7.87. The van der Waals surface area contributed by atoms with Crippen molar-refractivity contribution in [3.05, 3.63) is 130 Å². The van der Waals surface area contributed by atoms with Crippen molar-refractivity contribution in [2.45, 2.75) is 22.3 Å². The van der Waals surface area contributed by atoms with Crippen molar-refractivity contribution < 1.29 is 4.68 Å². The molecule has 6 rings (SSSR count). The molecule has 0 spiro atoms. The van der Waals surface area contributed by atoms with Gasteiger partial charge >= 0.3 is 0 Å². The number of hydrazone groups is 1. The minimum atomic E-state index is 0.199. The Bertz CT molecular complexity index is 1290. The number of allylic oxidation sites excluding steroid dienone is 5. The van der Waals surface area contributed by atoms with Crippen molar-refractivity contribution >= 4 is 34.9 Å². The van der Waals surface area contributed by atoms with Gasteiger partial charge in [-0.3, -0.25) is 0 Å². The Hall–Kier alpha value is -3.08. The van der Waals surface area contributed by atoms with Gasteiger partial charge in [0, 0.05) is 33.1 Å². The molecular formula is C28H21N2S2+. The molecule has 2 nitrogen and oxygen atoms in total. The lowest BCUT2D eigenvalue weighted by Gasteiger charge is -2.09. The van der Waals surface area contributed by atoms with Crippen LogP contribution >= 0.6 is 23.5 Å². The van der Waals surface area contributed by atoms with Gasteiger partial charge < -0.3 is 0 Å². The standard InChI is InChI=1S/C28H21N2S2/c1-3-9-20(10-4-1)24-19-25(21-11-5-2-6-12-21)30(29-24)23-17-15-22(16-18-23)28-31-26-13-7-8-14-27(26)32-28/h1-18,25H,19H2/q+1/t25-/m1/s1. The Balaban J connectivity index is 1.36. The minimum Gasteiger partial charge on any atom is -0.0809 e. The Morgan fingerprint density at radius 3 is 1.94 bits per heavy atom. The second-order valence-corrected chi connectivity index (χ2v) is 10.2. The van der Waals surface area contributed by atoms with Gasteiger partial charge in [-0.05, 0) is 35.0 Å². The van der Waals surface area contributed by atoms with Crippen LogP contribution in [0.25, 0.3) is 0 Å². The van der Waals surface area contributed by atoms with Crippen molar-refractivity contribution in [3.8, 4) is 0 Å². The van der Waals surface area contributed by atoms with E-state index in [9.17, 15) is 0 Å². The largest absolute Gasteiger partial charge is 0.232 e. The van der Waals surface area contributed by atoms with Crippen LogP contribution in [0.15, 0.2) is 134 Å². The van der Waals surface area contributed by atoms with Crippen molar-refractivity contribution in [1.82, 2.24) is 0 Å². The molecule has 0 fully saturated rings. The Labute approximate surface area is 196 Å². The lowest BCUT2D eigenvalue weighted by molar-refractivity contribution is -0.566. The van der Waals surface area contributed by atoms with Crippen LogP contribution in [0.4, 0.5) is 0 Å². The summed E-state index contributed by atoms with van der Waals surface area (Å²) < 4.78 is 3.53. The van der Waals surface area contributed by atoms with E-state index in [0.29, 0.717) is 0 Å². The molecule has 0 unspecified atom stereocenters. The predicted molar refractivity (Wildman–Crippen MR) is 136 cm³/mol. The summed E-state index contributed by atoms with van der Waals surface area (Å²) in [6, 6.07) is 30.0. The van der Waals surface area contributed by atoms with Crippen LogP contribution in [0.1, 0.15) is 23.6 Å². The molecule has 0 amide bonds. The maximum absolute atomic E-state index is 5.08. The zero-order valence-corrected chi connectivity index (χ0v) is 19.0. The Kier molecular flexibility index (Phi) is 5.18. The van der Waals surface area contributed by atoms with Gasteiger partial charge in [-0.1, -0.05) is 101 Å². The van der Waals surface area contributed by atoms with E-state index in [0.717, 1.165) is 17.8 Å². The van der Waals surface area contributed by atoms with Crippen LogP contribution in [0.5, 0.6) is 0 Å². The molecule has 0 radical (unpaired) electrons. The van der Waals surface area contributed by atoms with Crippen LogP contribution in [-0.4, -0.2) is 16.1 Å². The van der Waals surface area contributed by atoms with E-state index in [2.05, 4.69) is 114 Å². The highest BCUT2D eigenvalue weighted by molar-refractivity contribution is 8.24. The smallest absolute Gasteiger partial charge is 0.0809 e. The summed E-state index contributed by atoms with van der Waals surface area (Å²) in [4.78, 5) is 2.69. The molecule has 0 bridgehead atoms. The molecule has 0 aromatic heterocycles. The lowest BCUT2D eigenvalue weighted by atomic mass is 9.98. The summed E-state index contributed by atoms with van der Waals surface area (Å²) in [6.45, 7) is 0. The van der Waals surface area contributed by atoms with E-state index in [1.165, 1.54) is 30.7 Å². The first kappa shape index (κ1) is 19.6. The van der Waals surface area contributed by atoms with Gasteiger partial charge in [-0.15, -0.1) is 0 Å². The fourth-order valence-corrected chi connectivity index (χ4v) is 6.69. The number of rotatable bonds is 2. The summed E-state index contributed by atoms with van der Waals surface area (Å²) >= 11 is 3.72. The number of hydrogen-bond donors (Lipinski definition) is 0. The van der Waals surface area contributed by atoms with Gasteiger partial charge in [0.2, 0.25) is 11.8 Å². The molecule has 0 N–H and O–H groups in total. The maximum Gasteiger partial charge on any atom is 0.232 e. The number of benzene rings is 3. The Morgan fingerprint density at radius 1 is 0.688 bits per heavy atom. The van der Waals surface area contributed by atoms with E-state index in [1.54, 1.807) is 0 Å². The first-order valence-corrected chi connectivity index (χ1v) is 12.4. The van der Waals surface area contributed by atoms with Crippen LogP contribution in [-0.2, 0) is 0 Å². The first-order valence-electron chi connectivity index (χ1n) is 10.7. The summed E-state index contributed by atoms with van der Waals surface area (Å²) in [5, 5.41) is 5.08. The third-order valence-corrected chi connectivity index (χ3v) is 8.45. The van der Waals surface area contributed by atoms with Crippen LogP contribution in [0, 0.1) is 0 Å². The first-order chi connectivity index (χ1) is 15.8. The van der Waals surface area contributed by atoms with Gasteiger partial charge in [-0.2, -0.15) is 0 Å². The quantitative estimate of drug-likeness (QED) is 0.384. The van der Waals surface area contributed by atoms with Crippen molar-refractivity contribution in [3.63, 3.8) is 0 Å². The fraction of sp³-hybridized carbons (Fsp3) is 0.0714. The highest BCUT2D eigenvalue weighted by atomic mass is 32.2. The molecule has 2 heterocycles. The lowest BCUT2D eigenvalue weighted by Crippen LogP contribution is -2.16. The average molecular weight is 450 g/mol. The molecule has 3 aliphatic rings. The molecule has 1 aliphatic carbocycles. The van der Waals surface area contributed by atoms with E-state index in [1.807, 2.05) is 23.5 Å². The number of nitrogens with zero attached hydrogens (tertiary/aromatic N) is 2. The third-order valence-electron chi connectivity index (χ3n) is 5.82. The molecule has 1 atom stereocenters. The normalized spacial score (nSPS) is 19.5. The van der Waals surface area contributed by atoms with E-state index >= 15 is 0 Å². The van der Waals surface area contributed by atoms with Gasteiger partial charge in [0.25, 0.3) is 0 Å². The molecule has 3 aromatic carbocycles. The third kappa shape index (κ3) is 3.70. The second kappa shape index (κ2) is 8.45. The Morgan fingerprint density at radius 2 is 1.28 bits per heavy atom. The number of fused-ring (bicyclic) bond motifs is 1. The SMILES string of the molecule is C1=CC(=[N+]2N=C(c3ccccc3)C[C@@H]2c2ccccc2)C=CC1=C1Sc2ccccc2S1. The molecule has 2 aliphatic heterocycles. The molecule has 0 saturated heterocycles.